The van der Waals surface area contributed by atoms with Crippen molar-refractivity contribution in [2.75, 3.05) is 11.9 Å². The Morgan fingerprint density at radius 3 is 2.84 bits per heavy atom. The van der Waals surface area contributed by atoms with Crippen molar-refractivity contribution in [3.63, 3.8) is 0 Å². The summed E-state index contributed by atoms with van der Waals surface area (Å²) in [6.07, 6.45) is 0.731. The third-order valence-electron chi connectivity index (χ3n) is 2.92. The van der Waals surface area contributed by atoms with E-state index in [9.17, 15) is 4.79 Å². The van der Waals surface area contributed by atoms with Crippen LogP contribution in [0.4, 0.5) is 5.82 Å². The molecule has 100 valence electrons. The Hall–Kier alpha value is -1.81. The first-order chi connectivity index (χ1) is 9.08. The highest BCUT2D eigenvalue weighted by Gasteiger charge is 2.04. The fourth-order valence-corrected chi connectivity index (χ4v) is 2.01. The van der Waals surface area contributed by atoms with Gasteiger partial charge >= 0.3 is 5.97 Å². The first-order valence-electron chi connectivity index (χ1n) is 6.09. The number of hydrogen-bond donors (Lipinski definition) is 2. The van der Waals surface area contributed by atoms with Crippen molar-refractivity contribution in [2.24, 2.45) is 0 Å². The van der Waals surface area contributed by atoms with Crippen molar-refractivity contribution in [2.45, 2.75) is 19.8 Å². The lowest BCUT2D eigenvalue weighted by Crippen LogP contribution is -2.06. The molecule has 0 bridgehead atoms. The summed E-state index contributed by atoms with van der Waals surface area (Å²) in [6.45, 7) is 2.52. The van der Waals surface area contributed by atoms with E-state index in [-0.39, 0.29) is 6.42 Å². The summed E-state index contributed by atoms with van der Waals surface area (Å²) in [6, 6.07) is 7.66. The van der Waals surface area contributed by atoms with E-state index in [2.05, 4.69) is 10.3 Å². The first-order valence-corrected chi connectivity index (χ1v) is 6.47. The van der Waals surface area contributed by atoms with Crippen molar-refractivity contribution in [3.05, 3.63) is 34.9 Å². The minimum Gasteiger partial charge on any atom is -0.481 e. The number of aliphatic carboxylic acids is 1. The average Bonchev–Trinajstić information content (AvgIpc) is 2.39. The van der Waals surface area contributed by atoms with Crippen molar-refractivity contribution >= 4 is 34.3 Å². The number of rotatable bonds is 5. The number of nitrogens with zero attached hydrogens (tertiary/aromatic N) is 1. The van der Waals surface area contributed by atoms with Gasteiger partial charge in [-0.05, 0) is 37.1 Å². The Labute approximate surface area is 116 Å². The predicted octanol–water partition coefficient (Wildman–Crippen LogP) is 3.47. The number of carbonyl (C=O) groups is 1. The molecule has 0 aliphatic carbocycles. The van der Waals surface area contributed by atoms with E-state index in [1.807, 2.05) is 31.2 Å². The second-order valence-electron chi connectivity index (χ2n) is 4.36. The SMILES string of the molecule is Cc1c(Cl)ccc2ccc(NCCCC(=O)O)nc12. The summed E-state index contributed by atoms with van der Waals surface area (Å²) in [5, 5.41) is 13.4. The molecule has 2 N–H and O–H groups in total. The predicted molar refractivity (Wildman–Crippen MR) is 76.8 cm³/mol. The number of fused-ring (bicyclic) bond motifs is 1. The summed E-state index contributed by atoms with van der Waals surface area (Å²) < 4.78 is 0. The highest BCUT2D eigenvalue weighted by molar-refractivity contribution is 6.32. The molecule has 2 aromatic rings. The number of pyridine rings is 1. The molecule has 1 aromatic carbocycles. The number of benzene rings is 1. The molecule has 2 rings (SSSR count). The molecule has 0 fully saturated rings. The van der Waals surface area contributed by atoms with Crippen LogP contribution >= 0.6 is 11.6 Å². The molecule has 0 unspecified atom stereocenters. The van der Waals surface area contributed by atoms with Crippen LogP contribution in [0.1, 0.15) is 18.4 Å². The number of nitrogens with one attached hydrogen (secondary N) is 1. The normalized spacial score (nSPS) is 10.6. The van der Waals surface area contributed by atoms with Crippen molar-refractivity contribution in [3.8, 4) is 0 Å². The molecule has 19 heavy (non-hydrogen) atoms. The van der Waals surface area contributed by atoms with Crippen LogP contribution in [0, 0.1) is 6.92 Å². The summed E-state index contributed by atoms with van der Waals surface area (Å²) in [5.74, 6) is -0.0425. The second kappa shape index (κ2) is 5.89. The van der Waals surface area contributed by atoms with Gasteiger partial charge in [0.15, 0.2) is 0 Å². The lowest BCUT2D eigenvalue weighted by Gasteiger charge is -2.08. The maximum atomic E-state index is 10.4. The zero-order valence-electron chi connectivity index (χ0n) is 10.6. The third kappa shape index (κ3) is 3.35. The van der Waals surface area contributed by atoms with E-state index in [1.165, 1.54) is 0 Å². The van der Waals surface area contributed by atoms with Gasteiger partial charge < -0.3 is 10.4 Å². The molecule has 0 amide bonds. The molecule has 0 spiro atoms. The minimum absolute atomic E-state index is 0.158. The van der Waals surface area contributed by atoms with Gasteiger partial charge in [-0.25, -0.2) is 4.98 Å². The van der Waals surface area contributed by atoms with E-state index in [4.69, 9.17) is 16.7 Å². The molecule has 1 aromatic heterocycles. The lowest BCUT2D eigenvalue weighted by atomic mass is 10.1. The monoisotopic (exact) mass is 278 g/mol. The van der Waals surface area contributed by atoms with E-state index < -0.39 is 5.97 Å². The summed E-state index contributed by atoms with van der Waals surface area (Å²) in [4.78, 5) is 14.9. The number of hydrogen-bond acceptors (Lipinski definition) is 3. The van der Waals surface area contributed by atoms with Gasteiger partial charge in [-0.15, -0.1) is 0 Å². The molecular formula is C14H15ClN2O2. The van der Waals surface area contributed by atoms with Crippen LogP contribution in [0.3, 0.4) is 0 Å². The molecule has 4 nitrogen and oxygen atoms in total. The van der Waals surface area contributed by atoms with Gasteiger partial charge in [0.05, 0.1) is 5.52 Å². The van der Waals surface area contributed by atoms with Crippen LogP contribution in [-0.2, 0) is 4.79 Å². The highest BCUT2D eigenvalue weighted by atomic mass is 35.5. The fourth-order valence-electron chi connectivity index (χ4n) is 1.86. The van der Waals surface area contributed by atoms with Crippen LogP contribution in [0.2, 0.25) is 5.02 Å². The van der Waals surface area contributed by atoms with E-state index >= 15 is 0 Å². The molecule has 0 saturated carbocycles. The number of aromatic nitrogens is 1. The number of aryl methyl sites for hydroxylation is 1. The lowest BCUT2D eigenvalue weighted by molar-refractivity contribution is -0.137. The quantitative estimate of drug-likeness (QED) is 0.822. The van der Waals surface area contributed by atoms with Crippen LogP contribution in [0.15, 0.2) is 24.3 Å². The Kier molecular flexibility index (Phi) is 4.22. The maximum absolute atomic E-state index is 10.4. The molecule has 0 aliphatic rings. The summed E-state index contributed by atoms with van der Waals surface area (Å²) in [7, 11) is 0. The Bertz CT molecular complexity index is 614. The van der Waals surface area contributed by atoms with Gasteiger partial charge in [0.2, 0.25) is 0 Å². The van der Waals surface area contributed by atoms with Crippen molar-refractivity contribution in [1.82, 2.24) is 4.98 Å². The van der Waals surface area contributed by atoms with Gasteiger partial charge in [-0.3, -0.25) is 4.79 Å². The van der Waals surface area contributed by atoms with Gasteiger partial charge in [-0.2, -0.15) is 0 Å². The third-order valence-corrected chi connectivity index (χ3v) is 3.33. The summed E-state index contributed by atoms with van der Waals surface area (Å²) in [5.41, 5.74) is 1.82. The Morgan fingerprint density at radius 1 is 1.37 bits per heavy atom. The van der Waals surface area contributed by atoms with E-state index in [1.54, 1.807) is 0 Å². The molecule has 0 atom stereocenters. The number of carboxylic acid groups (broad SMARTS) is 1. The topological polar surface area (TPSA) is 62.2 Å². The maximum Gasteiger partial charge on any atom is 0.303 e. The van der Waals surface area contributed by atoms with Crippen LogP contribution in [0.25, 0.3) is 10.9 Å². The van der Waals surface area contributed by atoms with Gasteiger partial charge in [-0.1, -0.05) is 17.7 Å². The molecule has 0 radical (unpaired) electrons. The van der Waals surface area contributed by atoms with Gasteiger partial charge in [0.1, 0.15) is 5.82 Å². The van der Waals surface area contributed by atoms with Crippen LogP contribution in [0.5, 0.6) is 0 Å². The average molecular weight is 279 g/mol. The van der Waals surface area contributed by atoms with Crippen LogP contribution in [-0.4, -0.2) is 22.6 Å². The van der Waals surface area contributed by atoms with E-state index in [0.29, 0.717) is 18.0 Å². The molecular weight excluding hydrogens is 264 g/mol. The molecule has 0 aliphatic heterocycles. The van der Waals surface area contributed by atoms with Gasteiger partial charge in [0.25, 0.3) is 0 Å². The number of anilines is 1. The van der Waals surface area contributed by atoms with Gasteiger partial charge in [0, 0.05) is 23.4 Å². The van der Waals surface area contributed by atoms with Crippen LogP contribution < -0.4 is 5.32 Å². The highest BCUT2D eigenvalue weighted by Crippen LogP contribution is 2.24. The number of halogens is 1. The van der Waals surface area contributed by atoms with E-state index in [0.717, 1.165) is 22.3 Å². The fraction of sp³-hybridized carbons (Fsp3) is 0.286. The first kappa shape index (κ1) is 13.6. The summed E-state index contributed by atoms with van der Waals surface area (Å²) >= 11 is 6.08. The van der Waals surface area contributed by atoms with Crippen molar-refractivity contribution < 1.29 is 9.90 Å². The molecule has 1 heterocycles. The Balaban J connectivity index is 2.12. The van der Waals surface area contributed by atoms with Crippen molar-refractivity contribution in [1.29, 1.82) is 0 Å². The minimum atomic E-state index is -0.782. The Morgan fingerprint density at radius 2 is 2.11 bits per heavy atom. The standard InChI is InChI=1S/C14H15ClN2O2/c1-9-11(15)6-4-10-5-7-12(17-14(9)10)16-8-2-3-13(18)19/h4-7H,2-3,8H2,1H3,(H,16,17)(H,18,19). The zero-order chi connectivity index (χ0) is 13.8. The smallest absolute Gasteiger partial charge is 0.303 e. The number of carboxylic acids is 1. The molecule has 5 heteroatoms. The second-order valence-corrected chi connectivity index (χ2v) is 4.77. The molecule has 0 saturated heterocycles. The zero-order valence-corrected chi connectivity index (χ0v) is 11.4. The largest absolute Gasteiger partial charge is 0.481 e.